The van der Waals surface area contributed by atoms with Crippen molar-refractivity contribution in [2.75, 3.05) is 0 Å². The minimum Gasteiger partial charge on any atom is -0.247 e. The summed E-state index contributed by atoms with van der Waals surface area (Å²) in [7, 11) is 0. The average molecular weight is 187 g/mol. The molecule has 0 bridgehead atoms. The van der Waals surface area contributed by atoms with E-state index in [4.69, 9.17) is 0 Å². The van der Waals surface area contributed by atoms with Gasteiger partial charge in [0.1, 0.15) is 6.17 Å². The van der Waals surface area contributed by atoms with Gasteiger partial charge in [-0.05, 0) is 12.8 Å². The molecule has 0 nitrogen and oxygen atoms in total. The third kappa shape index (κ3) is 9.85. The van der Waals surface area contributed by atoms with Gasteiger partial charge in [-0.15, -0.1) is 0 Å². The second kappa shape index (κ2) is 10.0. The van der Waals surface area contributed by atoms with Crippen LogP contribution >= 0.6 is 0 Å². The van der Waals surface area contributed by atoms with E-state index in [0.29, 0.717) is 0 Å². The van der Waals surface area contributed by atoms with Gasteiger partial charge in [0.25, 0.3) is 0 Å². The van der Waals surface area contributed by atoms with E-state index in [9.17, 15) is 4.39 Å². The van der Waals surface area contributed by atoms with E-state index in [0.717, 1.165) is 38.5 Å². The third-order valence-corrected chi connectivity index (χ3v) is 2.39. The summed E-state index contributed by atoms with van der Waals surface area (Å²) >= 11 is 0. The fraction of sp³-hybridized carbons (Fsp3) is 0.917. The zero-order valence-corrected chi connectivity index (χ0v) is 9.03. The Labute approximate surface area is 82.9 Å². The van der Waals surface area contributed by atoms with E-state index in [1.165, 1.54) is 19.3 Å². The second-order valence-electron chi connectivity index (χ2n) is 3.80. The van der Waals surface area contributed by atoms with Crippen LogP contribution in [0.3, 0.4) is 0 Å². The van der Waals surface area contributed by atoms with Gasteiger partial charge in [-0.3, -0.25) is 0 Å². The van der Waals surface area contributed by atoms with Gasteiger partial charge in [-0.1, -0.05) is 58.8 Å². The molecule has 0 aliphatic rings. The summed E-state index contributed by atoms with van der Waals surface area (Å²) in [6.07, 6.45) is 8.85. The maximum Gasteiger partial charge on any atom is 0.100 e. The molecule has 1 atom stereocenters. The maximum atomic E-state index is 13.1. The highest BCUT2D eigenvalue weighted by Crippen LogP contribution is 2.13. The number of rotatable bonds is 9. The first kappa shape index (κ1) is 12.9. The van der Waals surface area contributed by atoms with Crippen molar-refractivity contribution in [3.05, 3.63) is 6.92 Å². The van der Waals surface area contributed by atoms with E-state index in [-0.39, 0.29) is 0 Å². The van der Waals surface area contributed by atoms with Crippen LogP contribution in [0.25, 0.3) is 0 Å². The van der Waals surface area contributed by atoms with Gasteiger partial charge in [0, 0.05) is 0 Å². The molecule has 0 aliphatic carbocycles. The molecule has 0 aliphatic heterocycles. The Morgan fingerprint density at radius 2 is 1.62 bits per heavy atom. The second-order valence-corrected chi connectivity index (χ2v) is 3.80. The Morgan fingerprint density at radius 3 is 2.23 bits per heavy atom. The molecule has 0 aromatic rings. The summed E-state index contributed by atoms with van der Waals surface area (Å²) in [5.41, 5.74) is 0. The van der Waals surface area contributed by atoms with Gasteiger partial charge >= 0.3 is 0 Å². The molecular weight excluding hydrogens is 163 g/mol. The smallest absolute Gasteiger partial charge is 0.100 e. The summed E-state index contributed by atoms with van der Waals surface area (Å²) in [6.45, 7) is 5.90. The fourth-order valence-corrected chi connectivity index (χ4v) is 1.47. The molecule has 79 valence electrons. The van der Waals surface area contributed by atoms with Gasteiger partial charge in [-0.2, -0.15) is 0 Å². The van der Waals surface area contributed by atoms with E-state index in [1.807, 2.05) is 0 Å². The Morgan fingerprint density at radius 1 is 1.00 bits per heavy atom. The van der Waals surface area contributed by atoms with Gasteiger partial charge in [0.15, 0.2) is 0 Å². The molecule has 0 heterocycles. The van der Waals surface area contributed by atoms with E-state index in [1.54, 1.807) is 0 Å². The minimum atomic E-state index is -0.542. The van der Waals surface area contributed by atoms with Crippen LogP contribution in [0.5, 0.6) is 0 Å². The number of halogens is 1. The van der Waals surface area contributed by atoms with Gasteiger partial charge in [0.2, 0.25) is 0 Å². The lowest BCUT2D eigenvalue weighted by Gasteiger charge is -2.06. The highest BCUT2D eigenvalue weighted by atomic mass is 19.1. The highest BCUT2D eigenvalue weighted by Gasteiger charge is 2.04. The van der Waals surface area contributed by atoms with Crippen molar-refractivity contribution in [2.24, 2.45) is 0 Å². The van der Waals surface area contributed by atoms with Crippen molar-refractivity contribution in [1.82, 2.24) is 0 Å². The number of unbranched alkanes of at least 4 members (excludes halogenated alkanes) is 5. The number of hydrogen-bond acceptors (Lipinski definition) is 0. The topological polar surface area (TPSA) is 0 Å². The highest BCUT2D eigenvalue weighted by molar-refractivity contribution is 4.56. The van der Waals surface area contributed by atoms with Crippen molar-refractivity contribution in [3.63, 3.8) is 0 Å². The fourth-order valence-electron chi connectivity index (χ4n) is 1.47. The van der Waals surface area contributed by atoms with E-state index >= 15 is 0 Å². The van der Waals surface area contributed by atoms with Crippen LogP contribution in [0.4, 0.5) is 4.39 Å². The van der Waals surface area contributed by atoms with Crippen LogP contribution in [0.1, 0.15) is 64.7 Å². The van der Waals surface area contributed by atoms with Crippen LogP contribution in [-0.4, -0.2) is 6.17 Å². The molecule has 0 amide bonds. The first-order chi connectivity index (χ1) is 6.31. The predicted molar refractivity (Wildman–Crippen MR) is 57.5 cm³/mol. The quantitative estimate of drug-likeness (QED) is 0.459. The van der Waals surface area contributed by atoms with Crippen molar-refractivity contribution < 1.29 is 4.39 Å². The average Bonchev–Trinajstić information content (AvgIpc) is 2.14. The molecule has 13 heavy (non-hydrogen) atoms. The van der Waals surface area contributed by atoms with Crippen LogP contribution in [0.2, 0.25) is 0 Å². The molecule has 1 radical (unpaired) electrons. The zero-order valence-electron chi connectivity index (χ0n) is 9.03. The minimum absolute atomic E-state index is 0.542. The summed E-state index contributed by atoms with van der Waals surface area (Å²) in [5.74, 6) is 0. The monoisotopic (exact) mass is 187 g/mol. The third-order valence-electron chi connectivity index (χ3n) is 2.39. The standard InChI is InChI=1S/C12H24F/c1-3-5-7-8-9-11-12(13)10-6-4-2/h12H,1,3-11H2,2H3. The Kier molecular flexibility index (Phi) is 9.96. The van der Waals surface area contributed by atoms with Crippen molar-refractivity contribution in [3.8, 4) is 0 Å². The molecule has 0 spiro atoms. The van der Waals surface area contributed by atoms with Gasteiger partial charge < -0.3 is 0 Å². The summed E-state index contributed by atoms with van der Waals surface area (Å²) in [4.78, 5) is 0. The molecule has 1 unspecified atom stereocenters. The lowest BCUT2D eigenvalue weighted by molar-refractivity contribution is 0.281. The van der Waals surface area contributed by atoms with Gasteiger partial charge in [-0.25, -0.2) is 4.39 Å². The molecule has 0 N–H and O–H groups in total. The Balaban J connectivity index is 3.03. The largest absolute Gasteiger partial charge is 0.247 e. The first-order valence-electron chi connectivity index (χ1n) is 5.74. The normalized spacial score (nSPS) is 13.2. The molecule has 0 aromatic heterocycles. The van der Waals surface area contributed by atoms with Crippen molar-refractivity contribution in [1.29, 1.82) is 0 Å². The van der Waals surface area contributed by atoms with E-state index < -0.39 is 6.17 Å². The SMILES string of the molecule is [CH2]CCCCCCC(F)CCCC. The lowest BCUT2D eigenvalue weighted by Crippen LogP contribution is -1.99. The summed E-state index contributed by atoms with van der Waals surface area (Å²) in [5, 5.41) is 0. The van der Waals surface area contributed by atoms with Crippen molar-refractivity contribution in [2.45, 2.75) is 70.9 Å². The lowest BCUT2D eigenvalue weighted by atomic mass is 10.1. The number of alkyl halides is 1. The van der Waals surface area contributed by atoms with Crippen LogP contribution in [-0.2, 0) is 0 Å². The van der Waals surface area contributed by atoms with Gasteiger partial charge in [0.05, 0.1) is 0 Å². The van der Waals surface area contributed by atoms with Crippen LogP contribution in [0, 0.1) is 6.92 Å². The van der Waals surface area contributed by atoms with Crippen molar-refractivity contribution >= 4 is 0 Å². The zero-order chi connectivity index (χ0) is 9.94. The predicted octanol–water partition coefficient (Wildman–Crippen LogP) is 4.69. The first-order valence-corrected chi connectivity index (χ1v) is 5.74. The molecule has 0 saturated heterocycles. The molecule has 0 rings (SSSR count). The van der Waals surface area contributed by atoms with E-state index in [2.05, 4.69) is 13.8 Å². The summed E-state index contributed by atoms with van der Waals surface area (Å²) < 4.78 is 13.1. The molecule has 0 aromatic carbocycles. The Hall–Kier alpha value is -0.0700. The molecular formula is C12H24F. The summed E-state index contributed by atoms with van der Waals surface area (Å²) in [6, 6.07) is 0. The molecule has 0 saturated carbocycles. The maximum absolute atomic E-state index is 13.1. The van der Waals surface area contributed by atoms with Crippen LogP contribution in [0.15, 0.2) is 0 Å². The Bertz CT molecular complexity index is 91.1. The molecule has 0 fully saturated rings. The van der Waals surface area contributed by atoms with Crippen LogP contribution < -0.4 is 0 Å². The molecule has 1 heteroatoms. The number of hydrogen-bond donors (Lipinski definition) is 0.